The SMILES string of the molecule is COc1cc([C@H]2OC[C@@H]3[C@H]2CO[C@@H]3c2cc(OC)c(O[C@@H]3O[C@H](CO)[C@@H](O)[C@H](O)[C@H]3O)c(OC)c2)cc(OC)c1O[C@@H]1O[C@H](CO)[C@@H](O)[C@H](O)[C@H]1O. The summed E-state index contributed by atoms with van der Waals surface area (Å²) in [5.74, 6) is 0.683. The van der Waals surface area contributed by atoms with E-state index in [2.05, 4.69) is 0 Å². The highest BCUT2D eigenvalue weighted by Gasteiger charge is 2.50. The summed E-state index contributed by atoms with van der Waals surface area (Å²) < 4.78 is 58.0. The first-order valence-electron chi connectivity index (χ1n) is 16.7. The fourth-order valence-corrected chi connectivity index (χ4v) is 7.16. The maximum absolute atomic E-state index is 10.5. The van der Waals surface area contributed by atoms with Gasteiger partial charge in [-0.05, 0) is 35.4 Å². The smallest absolute Gasteiger partial charge is 0.229 e. The predicted molar refractivity (Wildman–Crippen MR) is 172 cm³/mol. The molecule has 6 rings (SSSR count). The molecule has 0 bridgehead atoms. The molecule has 2 aromatic carbocycles. The van der Waals surface area contributed by atoms with Gasteiger partial charge in [-0.15, -0.1) is 0 Å². The van der Waals surface area contributed by atoms with Gasteiger partial charge in [-0.3, -0.25) is 0 Å². The molecule has 4 aliphatic rings. The van der Waals surface area contributed by atoms with E-state index in [1.807, 2.05) is 0 Å². The van der Waals surface area contributed by atoms with E-state index < -0.39 is 86.8 Å². The van der Waals surface area contributed by atoms with Crippen molar-refractivity contribution in [2.45, 2.75) is 73.6 Å². The van der Waals surface area contributed by atoms with Gasteiger partial charge in [-0.2, -0.15) is 0 Å². The Labute approximate surface area is 298 Å². The fraction of sp³-hybridized carbons (Fsp3) is 0.647. The van der Waals surface area contributed by atoms with Crippen LogP contribution in [0, 0.1) is 11.8 Å². The van der Waals surface area contributed by atoms with Crippen LogP contribution >= 0.6 is 0 Å². The molecule has 0 aromatic heterocycles. The van der Waals surface area contributed by atoms with Gasteiger partial charge < -0.3 is 88.2 Å². The normalized spacial score (nSPS) is 37.3. The lowest BCUT2D eigenvalue weighted by Crippen LogP contribution is -2.60. The summed E-state index contributed by atoms with van der Waals surface area (Å²) in [5, 5.41) is 81.0. The molecule has 4 saturated heterocycles. The van der Waals surface area contributed by atoms with Crippen LogP contribution in [0.1, 0.15) is 23.3 Å². The predicted octanol–water partition coefficient (Wildman–Crippen LogP) is -1.85. The van der Waals surface area contributed by atoms with E-state index in [9.17, 15) is 40.9 Å². The van der Waals surface area contributed by atoms with Crippen LogP contribution in [0.4, 0.5) is 0 Å². The molecule has 4 heterocycles. The Kier molecular flexibility index (Phi) is 11.8. The molecule has 18 heteroatoms. The minimum Gasteiger partial charge on any atom is -0.493 e. The van der Waals surface area contributed by atoms with Crippen molar-refractivity contribution in [2.75, 3.05) is 54.9 Å². The number of ether oxygens (including phenoxy) is 10. The van der Waals surface area contributed by atoms with Gasteiger partial charge in [0.15, 0.2) is 23.0 Å². The number of aliphatic hydroxyl groups is 8. The van der Waals surface area contributed by atoms with Crippen molar-refractivity contribution < 1.29 is 88.2 Å². The molecule has 0 aliphatic carbocycles. The number of benzene rings is 2. The third-order valence-electron chi connectivity index (χ3n) is 10.1. The molecule has 52 heavy (non-hydrogen) atoms. The van der Waals surface area contributed by atoms with Crippen LogP contribution in [0.5, 0.6) is 34.5 Å². The summed E-state index contributed by atoms with van der Waals surface area (Å²) in [6, 6.07) is 6.78. The molecule has 0 radical (unpaired) electrons. The molecule has 4 fully saturated rings. The highest BCUT2D eigenvalue weighted by molar-refractivity contribution is 5.56. The van der Waals surface area contributed by atoms with Crippen molar-refractivity contribution in [2.24, 2.45) is 11.8 Å². The second kappa shape index (κ2) is 16.0. The summed E-state index contributed by atoms with van der Waals surface area (Å²) in [6.07, 6.45) is -15.9. The van der Waals surface area contributed by atoms with E-state index in [0.717, 1.165) is 0 Å². The molecule has 290 valence electrons. The maximum atomic E-state index is 10.5. The van der Waals surface area contributed by atoms with Crippen molar-refractivity contribution in [3.05, 3.63) is 35.4 Å². The second-order valence-corrected chi connectivity index (χ2v) is 13.0. The van der Waals surface area contributed by atoms with Gasteiger partial charge in [-0.25, -0.2) is 0 Å². The first kappa shape index (κ1) is 38.5. The summed E-state index contributed by atoms with van der Waals surface area (Å²) in [6.45, 7) is -0.604. The highest BCUT2D eigenvalue weighted by Crippen LogP contribution is 2.54. The standard InChI is InChI=1S/C34H46O18/c1-43-17-5-13(6-18(44-2)31(17)51-33-27(41)25(39)23(37)21(9-35)49-33)29-15-11-48-30(16(15)12-47-29)14-7-19(45-3)32(20(8-14)46-4)52-34-28(42)26(40)24(38)22(10-36)50-34/h5-8,15-16,21-30,33-42H,9-12H2,1-4H3/t15-,16-,21-,22-,23-,24-,25+,26+,27-,28-,29-,30-,33+,34+/m1/s1. The molecule has 0 unspecified atom stereocenters. The van der Waals surface area contributed by atoms with Crippen LogP contribution in [0.3, 0.4) is 0 Å². The van der Waals surface area contributed by atoms with Gasteiger partial charge in [0.2, 0.25) is 24.1 Å². The van der Waals surface area contributed by atoms with E-state index in [-0.39, 0.29) is 46.3 Å². The van der Waals surface area contributed by atoms with Gasteiger partial charge in [0.25, 0.3) is 0 Å². The van der Waals surface area contributed by atoms with E-state index in [0.29, 0.717) is 24.3 Å². The molecule has 14 atom stereocenters. The Morgan fingerprint density at radius 1 is 0.519 bits per heavy atom. The van der Waals surface area contributed by atoms with Crippen molar-refractivity contribution in [3.8, 4) is 34.5 Å². The number of hydrogen-bond acceptors (Lipinski definition) is 18. The zero-order chi connectivity index (χ0) is 37.4. The van der Waals surface area contributed by atoms with Gasteiger partial charge in [0, 0.05) is 11.8 Å². The van der Waals surface area contributed by atoms with Crippen LogP contribution < -0.4 is 28.4 Å². The maximum Gasteiger partial charge on any atom is 0.229 e. The number of fused-ring (bicyclic) bond motifs is 1. The van der Waals surface area contributed by atoms with Crippen LogP contribution in [0.15, 0.2) is 24.3 Å². The monoisotopic (exact) mass is 742 g/mol. The molecule has 18 nitrogen and oxygen atoms in total. The minimum atomic E-state index is -1.65. The quantitative estimate of drug-likeness (QED) is 0.119. The van der Waals surface area contributed by atoms with Gasteiger partial charge in [-0.1, -0.05) is 0 Å². The summed E-state index contributed by atoms with van der Waals surface area (Å²) >= 11 is 0. The summed E-state index contributed by atoms with van der Waals surface area (Å²) in [7, 11) is 5.66. The number of rotatable bonds is 12. The number of aliphatic hydroxyl groups excluding tert-OH is 8. The van der Waals surface area contributed by atoms with E-state index in [1.165, 1.54) is 28.4 Å². The third kappa shape index (κ3) is 6.94. The first-order valence-corrected chi connectivity index (χ1v) is 16.7. The Balaban J connectivity index is 1.22. The number of methoxy groups -OCH3 is 4. The van der Waals surface area contributed by atoms with Crippen LogP contribution in [-0.4, -0.2) is 157 Å². The minimum absolute atomic E-state index is 0.0541. The molecular weight excluding hydrogens is 696 g/mol. The van der Waals surface area contributed by atoms with E-state index in [4.69, 9.17) is 47.4 Å². The Bertz CT molecular complexity index is 1360. The lowest BCUT2D eigenvalue weighted by molar-refractivity contribution is -0.277. The molecule has 2 aromatic rings. The van der Waals surface area contributed by atoms with Crippen LogP contribution in [0.25, 0.3) is 0 Å². The van der Waals surface area contributed by atoms with Gasteiger partial charge in [0.1, 0.15) is 48.8 Å². The van der Waals surface area contributed by atoms with Gasteiger partial charge >= 0.3 is 0 Å². The Hall–Kier alpha value is -3.24. The van der Waals surface area contributed by atoms with E-state index in [1.54, 1.807) is 24.3 Å². The van der Waals surface area contributed by atoms with Crippen LogP contribution in [-0.2, 0) is 18.9 Å². The Morgan fingerprint density at radius 3 is 1.13 bits per heavy atom. The summed E-state index contributed by atoms with van der Waals surface area (Å²) in [5.41, 5.74) is 1.37. The van der Waals surface area contributed by atoms with Crippen molar-refractivity contribution in [3.63, 3.8) is 0 Å². The lowest BCUT2D eigenvalue weighted by atomic mass is 9.84. The zero-order valence-electron chi connectivity index (χ0n) is 28.9. The highest BCUT2D eigenvalue weighted by atomic mass is 16.7. The largest absolute Gasteiger partial charge is 0.493 e. The molecule has 4 aliphatic heterocycles. The lowest BCUT2D eigenvalue weighted by Gasteiger charge is -2.39. The van der Waals surface area contributed by atoms with Crippen molar-refractivity contribution in [1.82, 2.24) is 0 Å². The average Bonchev–Trinajstić information content (AvgIpc) is 3.78. The van der Waals surface area contributed by atoms with Crippen LogP contribution in [0.2, 0.25) is 0 Å². The Morgan fingerprint density at radius 2 is 0.846 bits per heavy atom. The summed E-state index contributed by atoms with van der Waals surface area (Å²) in [4.78, 5) is 0. The molecule has 0 spiro atoms. The molecule has 0 saturated carbocycles. The molecule has 8 N–H and O–H groups in total. The second-order valence-electron chi connectivity index (χ2n) is 13.0. The first-order chi connectivity index (χ1) is 25.0. The topological polar surface area (TPSA) is 254 Å². The van der Waals surface area contributed by atoms with Crippen molar-refractivity contribution >= 4 is 0 Å². The van der Waals surface area contributed by atoms with Crippen molar-refractivity contribution in [1.29, 1.82) is 0 Å². The molecule has 0 amide bonds. The third-order valence-corrected chi connectivity index (χ3v) is 10.1. The van der Waals surface area contributed by atoms with E-state index >= 15 is 0 Å². The average molecular weight is 743 g/mol. The fourth-order valence-electron chi connectivity index (χ4n) is 7.16. The number of hydrogen-bond donors (Lipinski definition) is 8. The zero-order valence-corrected chi connectivity index (χ0v) is 28.9. The molecular formula is C34H46O18. The van der Waals surface area contributed by atoms with Gasteiger partial charge in [0.05, 0.1) is 67.1 Å².